The van der Waals surface area contributed by atoms with E-state index in [-0.39, 0.29) is 0 Å². The average molecular weight is 455 g/mol. The van der Waals surface area contributed by atoms with Crippen LogP contribution in [0.4, 0.5) is 0 Å². The van der Waals surface area contributed by atoms with Gasteiger partial charge in [-0.1, -0.05) is 58.8 Å². The van der Waals surface area contributed by atoms with E-state index in [2.05, 4.69) is 30.7 Å². The predicted octanol–water partition coefficient (Wildman–Crippen LogP) is 8.19. The number of hydrogen-bond donors (Lipinski definition) is 0. The number of nitrogens with zero attached hydrogens (tertiary/aromatic N) is 2. The molecule has 184 valence electrons. The van der Waals surface area contributed by atoms with Gasteiger partial charge in [0.1, 0.15) is 5.75 Å². The lowest BCUT2D eigenvalue weighted by atomic mass is 10.1. The number of unbranched alkanes of at least 4 members (excludes halogenated alkanes) is 8. The maximum Gasteiger partial charge on any atom is 0.159 e. The highest BCUT2D eigenvalue weighted by atomic mass is 16.5. The Kier molecular flexibility index (Phi) is 14.5. The SMILES string of the molecule is CCCCCCCCc1cnc(-c2ccc(OCCCCCC(C)OCCCC)cc2)nc1. The van der Waals surface area contributed by atoms with Gasteiger partial charge in [0.05, 0.1) is 12.7 Å². The molecule has 0 N–H and O–H groups in total. The van der Waals surface area contributed by atoms with E-state index >= 15 is 0 Å². The van der Waals surface area contributed by atoms with Crippen molar-refractivity contribution < 1.29 is 9.47 Å². The van der Waals surface area contributed by atoms with E-state index < -0.39 is 0 Å². The summed E-state index contributed by atoms with van der Waals surface area (Å²) in [4.78, 5) is 9.16. The molecule has 0 aliphatic heterocycles. The van der Waals surface area contributed by atoms with Crippen molar-refractivity contribution in [2.24, 2.45) is 0 Å². The van der Waals surface area contributed by atoms with Crippen molar-refractivity contribution in [2.45, 2.75) is 110 Å². The average Bonchev–Trinajstić information content (AvgIpc) is 2.84. The quantitative estimate of drug-likeness (QED) is 0.201. The molecule has 1 atom stereocenters. The van der Waals surface area contributed by atoms with Gasteiger partial charge in [-0.2, -0.15) is 0 Å². The lowest BCUT2D eigenvalue weighted by Crippen LogP contribution is -2.09. The van der Waals surface area contributed by atoms with Gasteiger partial charge in [0.25, 0.3) is 0 Å². The topological polar surface area (TPSA) is 44.2 Å². The smallest absolute Gasteiger partial charge is 0.159 e. The molecule has 1 aromatic heterocycles. The zero-order valence-electron chi connectivity index (χ0n) is 21.4. The minimum Gasteiger partial charge on any atom is -0.494 e. The maximum absolute atomic E-state index is 5.91. The van der Waals surface area contributed by atoms with E-state index in [0.29, 0.717) is 6.10 Å². The molecule has 0 saturated heterocycles. The Morgan fingerprint density at radius 3 is 2.12 bits per heavy atom. The second-order valence-corrected chi connectivity index (χ2v) is 9.19. The molecule has 1 unspecified atom stereocenters. The summed E-state index contributed by atoms with van der Waals surface area (Å²) in [5, 5.41) is 0. The number of benzene rings is 1. The largest absolute Gasteiger partial charge is 0.494 e. The van der Waals surface area contributed by atoms with E-state index in [1.165, 1.54) is 63.4 Å². The van der Waals surface area contributed by atoms with Crippen molar-refractivity contribution in [1.29, 1.82) is 0 Å². The standard InChI is InChI=1S/C29H46N2O2/c1-4-6-8-9-10-13-16-26-23-30-29(31-24-26)27-17-19-28(20-18-27)33-22-14-11-12-15-25(3)32-21-7-5-2/h17-20,23-25H,4-16,21-22H2,1-3H3. The molecular weight excluding hydrogens is 408 g/mol. The molecule has 0 aliphatic rings. The van der Waals surface area contributed by atoms with Gasteiger partial charge in [0.2, 0.25) is 0 Å². The second-order valence-electron chi connectivity index (χ2n) is 9.19. The van der Waals surface area contributed by atoms with E-state index in [1.807, 2.05) is 36.7 Å². The fourth-order valence-electron chi connectivity index (χ4n) is 3.86. The molecule has 0 radical (unpaired) electrons. The van der Waals surface area contributed by atoms with Crippen LogP contribution in [0.2, 0.25) is 0 Å². The van der Waals surface area contributed by atoms with Crippen molar-refractivity contribution in [3.63, 3.8) is 0 Å². The number of hydrogen-bond acceptors (Lipinski definition) is 4. The zero-order chi connectivity index (χ0) is 23.6. The van der Waals surface area contributed by atoms with Crippen LogP contribution in [0.5, 0.6) is 5.75 Å². The van der Waals surface area contributed by atoms with Crippen LogP contribution >= 0.6 is 0 Å². The second kappa shape index (κ2) is 17.5. The highest BCUT2D eigenvalue weighted by Crippen LogP contribution is 2.20. The van der Waals surface area contributed by atoms with Gasteiger partial charge in [-0.05, 0) is 75.3 Å². The molecular formula is C29H46N2O2. The van der Waals surface area contributed by atoms with Crippen molar-refractivity contribution >= 4 is 0 Å². The van der Waals surface area contributed by atoms with Crippen LogP contribution in [-0.4, -0.2) is 29.3 Å². The first kappa shape index (κ1) is 27.3. The predicted molar refractivity (Wildman–Crippen MR) is 139 cm³/mol. The minimum atomic E-state index is 0.372. The third kappa shape index (κ3) is 12.2. The van der Waals surface area contributed by atoms with Gasteiger partial charge in [-0.25, -0.2) is 9.97 Å². The maximum atomic E-state index is 5.91. The molecule has 1 aromatic carbocycles. The number of aryl methyl sites for hydroxylation is 1. The Morgan fingerprint density at radius 1 is 0.727 bits per heavy atom. The van der Waals surface area contributed by atoms with Crippen molar-refractivity contribution in [2.75, 3.05) is 13.2 Å². The molecule has 0 spiro atoms. The molecule has 4 heteroatoms. The Hall–Kier alpha value is -1.94. The van der Waals surface area contributed by atoms with Gasteiger partial charge < -0.3 is 9.47 Å². The molecule has 1 heterocycles. The lowest BCUT2D eigenvalue weighted by molar-refractivity contribution is 0.0564. The first-order chi connectivity index (χ1) is 16.2. The van der Waals surface area contributed by atoms with Gasteiger partial charge in [0, 0.05) is 24.6 Å². The molecule has 0 aliphatic carbocycles. The summed E-state index contributed by atoms with van der Waals surface area (Å²) in [5.74, 6) is 1.69. The van der Waals surface area contributed by atoms with Crippen LogP contribution in [0, 0.1) is 0 Å². The summed E-state index contributed by atoms with van der Waals surface area (Å²) in [6, 6.07) is 8.14. The fourth-order valence-corrected chi connectivity index (χ4v) is 3.86. The van der Waals surface area contributed by atoms with E-state index in [0.717, 1.165) is 56.0 Å². The van der Waals surface area contributed by atoms with E-state index in [1.54, 1.807) is 0 Å². The highest BCUT2D eigenvalue weighted by Gasteiger charge is 2.04. The summed E-state index contributed by atoms with van der Waals surface area (Å²) in [6.45, 7) is 8.29. The lowest BCUT2D eigenvalue weighted by Gasteiger charge is -2.12. The number of rotatable bonds is 19. The first-order valence-corrected chi connectivity index (χ1v) is 13.4. The van der Waals surface area contributed by atoms with Crippen molar-refractivity contribution in [3.8, 4) is 17.1 Å². The van der Waals surface area contributed by atoms with Gasteiger partial charge in [-0.3, -0.25) is 0 Å². The number of ether oxygens (including phenoxy) is 2. The van der Waals surface area contributed by atoms with Crippen molar-refractivity contribution in [3.05, 3.63) is 42.2 Å². The molecule has 0 amide bonds. The Morgan fingerprint density at radius 2 is 1.39 bits per heavy atom. The van der Waals surface area contributed by atoms with Crippen molar-refractivity contribution in [1.82, 2.24) is 9.97 Å². The molecule has 33 heavy (non-hydrogen) atoms. The third-order valence-electron chi connectivity index (χ3n) is 6.06. The molecule has 4 nitrogen and oxygen atoms in total. The molecule has 0 bridgehead atoms. The molecule has 0 saturated carbocycles. The van der Waals surface area contributed by atoms with Gasteiger partial charge in [0.15, 0.2) is 5.82 Å². The summed E-state index contributed by atoms with van der Waals surface area (Å²) in [5.41, 5.74) is 2.27. The minimum absolute atomic E-state index is 0.372. The molecule has 0 fully saturated rings. The Bertz CT molecular complexity index is 715. The highest BCUT2D eigenvalue weighted by molar-refractivity contribution is 5.55. The third-order valence-corrected chi connectivity index (χ3v) is 6.06. The summed E-state index contributed by atoms with van der Waals surface area (Å²) < 4.78 is 11.7. The van der Waals surface area contributed by atoms with E-state index in [9.17, 15) is 0 Å². The first-order valence-electron chi connectivity index (χ1n) is 13.4. The van der Waals surface area contributed by atoms with Crippen LogP contribution in [-0.2, 0) is 11.2 Å². The fraction of sp³-hybridized carbons (Fsp3) is 0.655. The Labute approximate surface area is 202 Å². The normalized spacial score (nSPS) is 12.1. The molecule has 2 aromatic rings. The Balaban J connectivity index is 1.61. The van der Waals surface area contributed by atoms with Crippen LogP contribution in [0.25, 0.3) is 11.4 Å². The molecule has 2 rings (SSSR count). The van der Waals surface area contributed by atoms with E-state index in [4.69, 9.17) is 9.47 Å². The van der Waals surface area contributed by atoms with Crippen LogP contribution < -0.4 is 4.74 Å². The summed E-state index contributed by atoms with van der Waals surface area (Å²) in [7, 11) is 0. The van der Waals surface area contributed by atoms with Crippen LogP contribution in [0.1, 0.15) is 103 Å². The van der Waals surface area contributed by atoms with Crippen LogP contribution in [0.3, 0.4) is 0 Å². The zero-order valence-corrected chi connectivity index (χ0v) is 21.4. The van der Waals surface area contributed by atoms with Gasteiger partial charge >= 0.3 is 0 Å². The van der Waals surface area contributed by atoms with Gasteiger partial charge in [-0.15, -0.1) is 0 Å². The van der Waals surface area contributed by atoms with Crippen LogP contribution in [0.15, 0.2) is 36.7 Å². The summed E-state index contributed by atoms with van der Waals surface area (Å²) in [6.07, 6.45) is 20.2. The summed E-state index contributed by atoms with van der Waals surface area (Å²) >= 11 is 0. The number of aromatic nitrogens is 2. The monoisotopic (exact) mass is 454 g/mol.